The number of aryl methyl sites for hydroxylation is 2. The molecule has 2 aliphatic heterocycles. The summed E-state index contributed by atoms with van der Waals surface area (Å²) >= 11 is 0. The number of carbonyl (C=O) groups is 2. The topological polar surface area (TPSA) is 114 Å². The van der Waals surface area contributed by atoms with Crippen molar-refractivity contribution in [1.29, 1.82) is 0 Å². The predicted molar refractivity (Wildman–Crippen MR) is 137 cm³/mol. The molecule has 1 spiro atoms. The molecule has 2 aromatic rings. The maximum atomic E-state index is 13.6. The summed E-state index contributed by atoms with van der Waals surface area (Å²) in [5.74, 6) is -0.448. The largest absolute Gasteiger partial charge is 0.390 e. The van der Waals surface area contributed by atoms with Crippen molar-refractivity contribution < 1.29 is 14.7 Å². The molecule has 0 radical (unpaired) electrons. The van der Waals surface area contributed by atoms with Crippen LogP contribution in [0.5, 0.6) is 0 Å². The zero-order valence-electron chi connectivity index (χ0n) is 22.1. The van der Waals surface area contributed by atoms with Crippen molar-refractivity contribution in [2.75, 3.05) is 19.6 Å². The van der Waals surface area contributed by atoms with E-state index in [1.54, 1.807) is 4.90 Å². The Labute approximate surface area is 213 Å². The lowest BCUT2D eigenvalue weighted by Crippen LogP contribution is -2.75. The van der Waals surface area contributed by atoms with Crippen molar-refractivity contribution in [1.82, 2.24) is 30.3 Å². The summed E-state index contributed by atoms with van der Waals surface area (Å²) in [5.41, 5.74) is 3.33. The van der Waals surface area contributed by atoms with Gasteiger partial charge < -0.3 is 15.3 Å². The number of pyridine rings is 1. The Morgan fingerprint density at radius 2 is 1.92 bits per heavy atom. The third kappa shape index (κ3) is 4.78. The van der Waals surface area contributed by atoms with Gasteiger partial charge in [-0.15, -0.1) is 0 Å². The Balaban J connectivity index is 1.62. The van der Waals surface area contributed by atoms with E-state index < -0.39 is 17.7 Å². The van der Waals surface area contributed by atoms with Gasteiger partial charge in [0.2, 0.25) is 11.8 Å². The molecule has 36 heavy (non-hydrogen) atoms. The van der Waals surface area contributed by atoms with Gasteiger partial charge in [-0.2, -0.15) is 5.10 Å². The van der Waals surface area contributed by atoms with E-state index in [0.717, 1.165) is 35.2 Å². The summed E-state index contributed by atoms with van der Waals surface area (Å²) in [4.78, 5) is 36.2. The molecule has 9 nitrogen and oxygen atoms in total. The van der Waals surface area contributed by atoms with E-state index >= 15 is 0 Å². The molecule has 3 atom stereocenters. The van der Waals surface area contributed by atoms with E-state index in [0.29, 0.717) is 32.5 Å². The SMILES string of the molecule is CCCCN1C(=O)[C@@H]([C@H](O)C(C)C)NC(=O)C12CCN(C(c1cn[nH]c1)c1ncc(C)cc1C)CC2. The van der Waals surface area contributed by atoms with E-state index in [2.05, 4.69) is 40.3 Å². The fourth-order valence-electron chi connectivity index (χ4n) is 5.71. The van der Waals surface area contributed by atoms with Crippen LogP contribution in [0.3, 0.4) is 0 Å². The lowest BCUT2D eigenvalue weighted by molar-refractivity contribution is -0.165. The van der Waals surface area contributed by atoms with Crippen molar-refractivity contribution in [2.24, 2.45) is 5.92 Å². The highest BCUT2D eigenvalue weighted by Crippen LogP contribution is 2.38. The number of aliphatic hydroxyl groups excluding tert-OH is 1. The molecule has 196 valence electrons. The van der Waals surface area contributed by atoms with Crippen molar-refractivity contribution in [2.45, 2.75) is 84.0 Å². The molecule has 2 fully saturated rings. The summed E-state index contributed by atoms with van der Waals surface area (Å²) < 4.78 is 0. The van der Waals surface area contributed by atoms with Gasteiger partial charge in [0.25, 0.3) is 0 Å². The number of aromatic amines is 1. The Morgan fingerprint density at radius 3 is 2.50 bits per heavy atom. The predicted octanol–water partition coefficient (Wildman–Crippen LogP) is 2.49. The van der Waals surface area contributed by atoms with E-state index in [-0.39, 0.29) is 23.8 Å². The minimum atomic E-state index is -0.913. The molecule has 3 N–H and O–H groups in total. The van der Waals surface area contributed by atoms with Gasteiger partial charge in [0.05, 0.1) is 24.0 Å². The molecule has 4 rings (SSSR count). The molecule has 2 saturated heterocycles. The van der Waals surface area contributed by atoms with Crippen molar-refractivity contribution in [3.8, 4) is 0 Å². The van der Waals surface area contributed by atoms with E-state index in [4.69, 9.17) is 4.98 Å². The minimum Gasteiger partial charge on any atom is -0.390 e. The minimum absolute atomic E-state index is 0.0938. The molecule has 0 bridgehead atoms. The third-order valence-corrected chi connectivity index (χ3v) is 7.86. The number of aromatic nitrogens is 3. The smallest absolute Gasteiger partial charge is 0.248 e. The number of carbonyl (C=O) groups excluding carboxylic acids is 2. The lowest BCUT2D eigenvalue weighted by atomic mass is 9.79. The number of piperidine rings is 1. The molecule has 1 unspecified atom stereocenters. The van der Waals surface area contributed by atoms with Crippen LogP contribution in [0.15, 0.2) is 24.7 Å². The molecule has 2 aromatic heterocycles. The van der Waals surface area contributed by atoms with Crippen LogP contribution in [0.2, 0.25) is 0 Å². The number of H-pyrrole nitrogens is 1. The van der Waals surface area contributed by atoms with Crippen LogP contribution in [0, 0.1) is 19.8 Å². The number of piperazine rings is 1. The molecular formula is C27H40N6O3. The highest BCUT2D eigenvalue weighted by atomic mass is 16.3. The van der Waals surface area contributed by atoms with Gasteiger partial charge in [0, 0.05) is 37.6 Å². The molecular weight excluding hydrogens is 456 g/mol. The Morgan fingerprint density at radius 1 is 1.19 bits per heavy atom. The van der Waals surface area contributed by atoms with Crippen LogP contribution in [0.4, 0.5) is 0 Å². The molecule has 0 saturated carbocycles. The van der Waals surface area contributed by atoms with Gasteiger partial charge in [-0.05, 0) is 50.2 Å². The Kier molecular flexibility index (Phi) is 7.80. The van der Waals surface area contributed by atoms with Crippen LogP contribution in [-0.4, -0.2) is 79.2 Å². The number of nitrogens with zero attached hydrogens (tertiary/aromatic N) is 4. The first-order chi connectivity index (χ1) is 17.2. The quantitative estimate of drug-likeness (QED) is 0.517. The Bertz CT molecular complexity index is 1060. The number of amides is 2. The van der Waals surface area contributed by atoms with E-state index in [9.17, 15) is 14.7 Å². The van der Waals surface area contributed by atoms with Crippen molar-refractivity contribution in [3.63, 3.8) is 0 Å². The zero-order chi connectivity index (χ0) is 26.0. The van der Waals surface area contributed by atoms with Crippen LogP contribution in [0.25, 0.3) is 0 Å². The maximum absolute atomic E-state index is 13.6. The fourth-order valence-corrected chi connectivity index (χ4v) is 5.71. The monoisotopic (exact) mass is 496 g/mol. The lowest BCUT2D eigenvalue weighted by Gasteiger charge is -2.53. The standard InChI is InChI=1S/C27H40N6O3/c1-6-7-10-33-25(35)22(24(34)17(2)3)31-26(36)27(33)8-11-32(12-9-27)23(20-15-29-30-16-20)21-19(5)13-18(4)14-28-21/h13-17,22-24,34H,6-12H2,1-5H3,(H,29,30)(H,31,36)/t22-,23?,24-/m1/s1. The van der Waals surface area contributed by atoms with Gasteiger partial charge in [0.1, 0.15) is 11.6 Å². The number of nitrogens with one attached hydrogen (secondary N) is 2. The summed E-state index contributed by atoms with van der Waals surface area (Å²) in [6.45, 7) is 11.7. The summed E-state index contributed by atoms with van der Waals surface area (Å²) in [5, 5.41) is 20.7. The van der Waals surface area contributed by atoms with Crippen molar-refractivity contribution >= 4 is 11.8 Å². The molecule has 9 heteroatoms. The van der Waals surface area contributed by atoms with Crippen LogP contribution in [-0.2, 0) is 9.59 Å². The first-order valence-electron chi connectivity index (χ1n) is 13.2. The molecule has 2 aliphatic rings. The van der Waals surface area contributed by atoms with Gasteiger partial charge in [-0.1, -0.05) is 33.3 Å². The highest BCUT2D eigenvalue weighted by Gasteiger charge is 2.55. The number of hydrogen-bond donors (Lipinski definition) is 3. The second-order valence-corrected chi connectivity index (χ2v) is 10.7. The van der Waals surface area contributed by atoms with Crippen LogP contribution < -0.4 is 5.32 Å². The van der Waals surface area contributed by atoms with Gasteiger partial charge in [-0.3, -0.25) is 24.6 Å². The Hall–Kier alpha value is -2.78. The molecule has 2 amide bonds. The first-order valence-corrected chi connectivity index (χ1v) is 13.2. The second-order valence-electron chi connectivity index (χ2n) is 10.7. The van der Waals surface area contributed by atoms with Crippen LogP contribution >= 0.6 is 0 Å². The summed E-state index contributed by atoms with van der Waals surface area (Å²) in [6, 6.07) is 1.15. The average molecular weight is 497 g/mol. The number of aliphatic hydroxyl groups is 1. The normalized spacial score (nSPS) is 22.2. The van der Waals surface area contributed by atoms with Crippen LogP contribution in [0.1, 0.15) is 74.9 Å². The maximum Gasteiger partial charge on any atom is 0.248 e. The van der Waals surface area contributed by atoms with E-state index in [1.165, 1.54) is 0 Å². The second kappa shape index (κ2) is 10.7. The number of unbranched alkanes of at least 4 members (excludes halogenated alkanes) is 1. The van der Waals surface area contributed by atoms with E-state index in [1.807, 2.05) is 39.4 Å². The van der Waals surface area contributed by atoms with Crippen molar-refractivity contribution in [3.05, 3.63) is 47.0 Å². The fraction of sp³-hybridized carbons (Fsp3) is 0.630. The first kappa shape index (κ1) is 26.3. The number of rotatable bonds is 8. The van der Waals surface area contributed by atoms with Gasteiger partial charge in [-0.25, -0.2) is 0 Å². The number of likely N-dealkylation sites (tertiary alicyclic amines) is 1. The molecule has 0 aliphatic carbocycles. The highest BCUT2D eigenvalue weighted by molar-refractivity contribution is 6.00. The third-order valence-electron chi connectivity index (χ3n) is 7.86. The molecule has 4 heterocycles. The molecule has 0 aromatic carbocycles. The zero-order valence-corrected chi connectivity index (χ0v) is 22.1. The summed E-state index contributed by atoms with van der Waals surface area (Å²) in [6.07, 6.45) is 7.50. The average Bonchev–Trinajstić information content (AvgIpc) is 3.38. The summed E-state index contributed by atoms with van der Waals surface area (Å²) in [7, 11) is 0. The number of hydrogen-bond acceptors (Lipinski definition) is 6. The van der Waals surface area contributed by atoms with Gasteiger partial charge >= 0.3 is 0 Å². The van der Waals surface area contributed by atoms with Gasteiger partial charge in [0.15, 0.2) is 0 Å².